The van der Waals surface area contributed by atoms with E-state index in [4.69, 9.17) is 18.9 Å². The number of hydrogen-bond acceptors (Lipinski definition) is 6. The SMILES string of the molecule is CCCCCCCC(=O)OCCOCCOCCOCCNC. The first-order valence-electron chi connectivity index (χ1n) is 8.84. The highest BCUT2D eigenvalue weighted by atomic mass is 16.6. The fraction of sp³-hybridized carbons (Fsp3) is 0.941. The van der Waals surface area contributed by atoms with E-state index in [1.54, 1.807) is 0 Å². The Labute approximate surface area is 141 Å². The average Bonchev–Trinajstić information content (AvgIpc) is 2.55. The van der Waals surface area contributed by atoms with Gasteiger partial charge >= 0.3 is 5.97 Å². The molecule has 6 heteroatoms. The molecule has 0 atom stereocenters. The van der Waals surface area contributed by atoms with Crippen molar-refractivity contribution in [2.75, 3.05) is 59.8 Å². The molecule has 0 saturated carbocycles. The standard InChI is InChI=1S/C17H35NO5/c1-3-4-5-6-7-8-17(19)23-16-15-22-14-13-21-12-11-20-10-9-18-2/h18H,3-16H2,1-2H3. The summed E-state index contributed by atoms with van der Waals surface area (Å²) in [4.78, 5) is 11.4. The van der Waals surface area contributed by atoms with E-state index in [1.807, 2.05) is 7.05 Å². The molecular weight excluding hydrogens is 298 g/mol. The van der Waals surface area contributed by atoms with E-state index in [0.29, 0.717) is 52.7 Å². The van der Waals surface area contributed by atoms with Gasteiger partial charge in [0, 0.05) is 13.0 Å². The van der Waals surface area contributed by atoms with Gasteiger partial charge in [-0.1, -0.05) is 32.6 Å². The highest BCUT2D eigenvalue weighted by Gasteiger charge is 2.02. The van der Waals surface area contributed by atoms with Crippen LogP contribution in [0, 0.1) is 0 Å². The summed E-state index contributed by atoms with van der Waals surface area (Å²) in [5.74, 6) is -0.125. The number of carbonyl (C=O) groups excluding carboxylic acids is 1. The Kier molecular flexibility index (Phi) is 18.8. The average molecular weight is 333 g/mol. The van der Waals surface area contributed by atoms with Crippen molar-refractivity contribution in [3.05, 3.63) is 0 Å². The number of ether oxygens (including phenoxy) is 4. The number of carbonyl (C=O) groups is 1. The van der Waals surface area contributed by atoms with Gasteiger partial charge in [0.2, 0.25) is 0 Å². The van der Waals surface area contributed by atoms with Crippen LogP contribution in [0.15, 0.2) is 0 Å². The minimum atomic E-state index is -0.125. The summed E-state index contributed by atoms with van der Waals surface area (Å²) in [7, 11) is 1.89. The summed E-state index contributed by atoms with van der Waals surface area (Å²) in [5, 5.41) is 3.00. The third-order valence-electron chi connectivity index (χ3n) is 3.22. The molecule has 0 aromatic rings. The number of esters is 1. The Hall–Kier alpha value is -0.690. The van der Waals surface area contributed by atoms with Crippen LogP contribution in [0.2, 0.25) is 0 Å². The third-order valence-corrected chi connectivity index (χ3v) is 3.22. The molecule has 0 aliphatic rings. The maximum atomic E-state index is 11.4. The molecule has 0 saturated heterocycles. The molecule has 0 spiro atoms. The smallest absolute Gasteiger partial charge is 0.305 e. The van der Waals surface area contributed by atoms with E-state index in [2.05, 4.69) is 12.2 Å². The molecule has 0 bridgehead atoms. The highest BCUT2D eigenvalue weighted by Crippen LogP contribution is 2.05. The summed E-state index contributed by atoms with van der Waals surface area (Å²) in [6.45, 7) is 6.66. The van der Waals surface area contributed by atoms with Crippen molar-refractivity contribution >= 4 is 5.97 Å². The van der Waals surface area contributed by atoms with Crippen LogP contribution in [0.5, 0.6) is 0 Å². The quantitative estimate of drug-likeness (QED) is 0.306. The molecule has 0 fully saturated rings. The molecule has 0 aliphatic carbocycles. The summed E-state index contributed by atoms with van der Waals surface area (Å²) in [6.07, 6.45) is 6.20. The van der Waals surface area contributed by atoms with E-state index in [0.717, 1.165) is 19.4 Å². The number of nitrogens with one attached hydrogen (secondary N) is 1. The second-order valence-corrected chi connectivity index (χ2v) is 5.33. The largest absolute Gasteiger partial charge is 0.463 e. The molecule has 0 radical (unpaired) electrons. The predicted octanol–water partition coefficient (Wildman–Crippen LogP) is 2.16. The fourth-order valence-corrected chi connectivity index (χ4v) is 1.88. The van der Waals surface area contributed by atoms with Crippen molar-refractivity contribution in [2.45, 2.75) is 45.4 Å². The van der Waals surface area contributed by atoms with Crippen LogP contribution >= 0.6 is 0 Å². The highest BCUT2D eigenvalue weighted by molar-refractivity contribution is 5.69. The van der Waals surface area contributed by atoms with E-state index < -0.39 is 0 Å². The van der Waals surface area contributed by atoms with Crippen LogP contribution in [0.1, 0.15) is 45.4 Å². The third kappa shape index (κ3) is 19.3. The summed E-state index contributed by atoms with van der Waals surface area (Å²) >= 11 is 0. The van der Waals surface area contributed by atoms with Crippen LogP contribution < -0.4 is 5.32 Å². The molecule has 0 rings (SSSR count). The Bertz CT molecular complexity index is 251. The zero-order valence-electron chi connectivity index (χ0n) is 14.9. The Morgan fingerprint density at radius 1 is 0.783 bits per heavy atom. The second kappa shape index (κ2) is 19.4. The van der Waals surface area contributed by atoms with Crippen LogP contribution in [-0.2, 0) is 23.7 Å². The van der Waals surface area contributed by atoms with E-state index in [1.165, 1.54) is 19.3 Å². The normalized spacial score (nSPS) is 10.9. The molecule has 0 aromatic heterocycles. The van der Waals surface area contributed by atoms with Crippen molar-refractivity contribution in [3.63, 3.8) is 0 Å². The molecule has 1 N–H and O–H groups in total. The summed E-state index contributed by atoms with van der Waals surface area (Å²) in [6, 6.07) is 0. The van der Waals surface area contributed by atoms with Gasteiger partial charge in [0.05, 0.1) is 39.6 Å². The zero-order chi connectivity index (χ0) is 17.0. The lowest BCUT2D eigenvalue weighted by atomic mass is 10.1. The van der Waals surface area contributed by atoms with E-state index in [-0.39, 0.29) is 5.97 Å². The van der Waals surface area contributed by atoms with Gasteiger partial charge < -0.3 is 24.3 Å². The van der Waals surface area contributed by atoms with Crippen molar-refractivity contribution in [1.82, 2.24) is 5.32 Å². The van der Waals surface area contributed by atoms with Crippen LogP contribution in [0.4, 0.5) is 0 Å². The van der Waals surface area contributed by atoms with Gasteiger partial charge in [-0.15, -0.1) is 0 Å². The van der Waals surface area contributed by atoms with Gasteiger partial charge in [-0.25, -0.2) is 0 Å². The molecule has 6 nitrogen and oxygen atoms in total. The van der Waals surface area contributed by atoms with Crippen LogP contribution in [0.3, 0.4) is 0 Å². The number of hydrogen-bond donors (Lipinski definition) is 1. The van der Waals surface area contributed by atoms with Crippen molar-refractivity contribution in [1.29, 1.82) is 0 Å². The van der Waals surface area contributed by atoms with Crippen molar-refractivity contribution < 1.29 is 23.7 Å². The first kappa shape index (κ1) is 22.3. The van der Waals surface area contributed by atoms with Gasteiger partial charge in [-0.3, -0.25) is 4.79 Å². The van der Waals surface area contributed by atoms with Gasteiger partial charge in [0.25, 0.3) is 0 Å². The number of likely N-dealkylation sites (N-methyl/N-ethyl adjacent to an activating group) is 1. The minimum absolute atomic E-state index is 0.125. The van der Waals surface area contributed by atoms with Gasteiger partial charge in [0.15, 0.2) is 0 Å². The van der Waals surface area contributed by atoms with Crippen LogP contribution in [-0.4, -0.2) is 65.8 Å². The Balaban J connectivity index is 3.10. The van der Waals surface area contributed by atoms with Crippen molar-refractivity contribution in [3.8, 4) is 0 Å². The lowest BCUT2D eigenvalue weighted by Crippen LogP contribution is -2.17. The van der Waals surface area contributed by atoms with Crippen LogP contribution in [0.25, 0.3) is 0 Å². The summed E-state index contributed by atoms with van der Waals surface area (Å²) in [5.41, 5.74) is 0. The molecule has 0 aliphatic heterocycles. The predicted molar refractivity (Wildman–Crippen MR) is 90.7 cm³/mol. The Morgan fingerprint density at radius 3 is 1.96 bits per heavy atom. The monoisotopic (exact) mass is 333 g/mol. The van der Waals surface area contributed by atoms with E-state index >= 15 is 0 Å². The Morgan fingerprint density at radius 2 is 1.35 bits per heavy atom. The first-order valence-corrected chi connectivity index (χ1v) is 8.84. The van der Waals surface area contributed by atoms with Gasteiger partial charge in [-0.05, 0) is 13.5 Å². The fourth-order valence-electron chi connectivity index (χ4n) is 1.88. The minimum Gasteiger partial charge on any atom is -0.463 e. The second-order valence-electron chi connectivity index (χ2n) is 5.33. The van der Waals surface area contributed by atoms with Gasteiger partial charge in [0.1, 0.15) is 6.61 Å². The van der Waals surface area contributed by atoms with E-state index in [9.17, 15) is 4.79 Å². The topological polar surface area (TPSA) is 66.0 Å². The number of rotatable bonds is 18. The van der Waals surface area contributed by atoms with Gasteiger partial charge in [-0.2, -0.15) is 0 Å². The molecule has 23 heavy (non-hydrogen) atoms. The molecule has 0 heterocycles. The lowest BCUT2D eigenvalue weighted by Gasteiger charge is -2.07. The maximum Gasteiger partial charge on any atom is 0.305 e. The van der Waals surface area contributed by atoms with Crippen molar-refractivity contribution in [2.24, 2.45) is 0 Å². The number of unbranched alkanes of at least 4 members (excludes halogenated alkanes) is 4. The molecule has 0 amide bonds. The molecular formula is C17H35NO5. The first-order chi connectivity index (χ1) is 11.3. The summed E-state index contributed by atoms with van der Waals surface area (Å²) < 4.78 is 21.1. The lowest BCUT2D eigenvalue weighted by molar-refractivity contribution is -0.145. The molecule has 0 aromatic carbocycles. The maximum absolute atomic E-state index is 11.4. The molecule has 138 valence electrons. The zero-order valence-corrected chi connectivity index (χ0v) is 14.9. The molecule has 0 unspecified atom stereocenters.